The Morgan fingerprint density at radius 1 is 1.13 bits per heavy atom. The van der Waals surface area contributed by atoms with E-state index in [0.717, 1.165) is 28.3 Å². The van der Waals surface area contributed by atoms with E-state index in [-0.39, 0.29) is 0 Å². The predicted molar refractivity (Wildman–Crippen MR) is 102 cm³/mol. The maximum absolute atomic E-state index is 4.28. The first-order valence-corrected chi connectivity index (χ1v) is 7.39. The summed E-state index contributed by atoms with van der Waals surface area (Å²) in [6.45, 7) is 13.8. The van der Waals surface area contributed by atoms with E-state index in [9.17, 15) is 0 Å². The molecule has 3 heteroatoms. The highest BCUT2D eigenvalue weighted by atomic mass is 15.2. The lowest BCUT2D eigenvalue weighted by Crippen LogP contribution is -2.24. The summed E-state index contributed by atoms with van der Waals surface area (Å²) in [5, 5.41) is 0. The van der Waals surface area contributed by atoms with Gasteiger partial charge in [0.1, 0.15) is 0 Å². The minimum absolute atomic E-state index is 0.575. The monoisotopic (exact) mass is 303 g/mol. The van der Waals surface area contributed by atoms with E-state index in [4.69, 9.17) is 0 Å². The summed E-state index contributed by atoms with van der Waals surface area (Å²) in [5.74, 6) is 0. The molecule has 0 N–H and O–H groups in total. The van der Waals surface area contributed by atoms with Crippen molar-refractivity contribution in [3.05, 3.63) is 79.5 Å². The van der Waals surface area contributed by atoms with E-state index in [2.05, 4.69) is 59.0 Å². The van der Waals surface area contributed by atoms with Crippen molar-refractivity contribution < 1.29 is 0 Å². The smallest absolute Gasteiger partial charge is 0.0862 e. The van der Waals surface area contributed by atoms with Crippen molar-refractivity contribution in [3.8, 4) is 0 Å². The van der Waals surface area contributed by atoms with Crippen LogP contribution in [0.4, 0.5) is 17.1 Å². The third kappa shape index (κ3) is 4.04. The van der Waals surface area contributed by atoms with Crippen LogP contribution in [0.25, 0.3) is 0 Å². The summed E-state index contributed by atoms with van der Waals surface area (Å²) in [6, 6.07) is 16.3. The Labute approximate surface area is 138 Å². The molecule has 0 spiro atoms. The molecule has 2 aromatic rings. The van der Waals surface area contributed by atoms with Crippen molar-refractivity contribution in [2.45, 2.75) is 6.92 Å². The quantitative estimate of drug-likeness (QED) is 0.643. The molecule has 0 aliphatic heterocycles. The number of anilines is 2. The Hall–Kier alpha value is -2.94. The van der Waals surface area contributed by atoms with Crippen molar-refractivity contribution in [1.82, 2.24) is 0 Å². The molecule has 0 aromatic heterocycles. The van der Waals surface area contributed by atoms with Crippen LogP contribution >= 0.6 is 0 Å². The lowest BCUT2D eigenvalue weighted by atomic mass is 10.1. The molecular weight excluding hydrogens is 282 g/mol. The SMILES string of the molecule is C=CN=C(C=C)CN(c1ccccc1)c1ccc(C)cc1N=C. The molecule has 0 atom stereocenters. The highest BCUT2D eigenvalue weighted by Crippen LogP contribution is 2.34. The van der Waals surface area contributed by atoms with Crippen LogP contribution in [-0.2, 0) is 0 Å². The van der Waals surface area contributed by atoms with Gasteiger partial charge in [-0.2, -0.15) is 0 Å². The van der Waals surface area contributed by atoms with Gasteiger partial charge in [0.25, 0.3) is 0 Å². The molecule has 0 radical (unpaired) electrons. The van der Waals surface area contributed by atoms with E-state index in [1.54, 1.807) is 6.08 Å². The fourth-order valence-corrected chi connectivity index (χ4v) is 2.35. The van der Waals surface area contributed by atoms with E-state index >= 15 is 0 Å². The summed E-state index contributed by atoms with van der Waals surface area (Å²) in [5.41, 5.74) is 4.86. The molecule has 0 saturated carbocycles. The van der Waals surface area contributed by atoms with Gasteiger partial charge in [0.15, 0.2) is 0 Å². The van der Waals surface area contributed by atoms with E-state index in [0.29, 0.717) is 6.54 Å². The third-order valence-electron chi connectivity index (χ3n) is 3.47. The van der Waals surface area contributed by atoms with Gasteiger partial charge in [-0.3, -0.25) is 9.98 Å². The van der Waals surface area contributed by atoms with Crippen LogP contribution in [0.3, 0.4) is 0 Å². The lowest BCUT2D eigenvalue weighted by molar-refractivity contribution is 1.12. The Kier molecular flexibility index (Phi) is 5.64. The van der Waals surface area contributed by atoms with Gasteiger partial charge >= 0.3 is 0 Å². The van der Waals surface area contributed by atoms with Crippen LogP contribution in [0.15, 0.2) is 83.9 Å². The minimum atomic E-state index is 0.575. The molecule has 3 nitrogen and oxygen atoms in total. The molecule has 2 rings (SSSR count). The molecular formula is C20H21N3. The maximum atomic E-state index is 4.28. The Bertz CT molecular complexity index is 730. The molecule has 0 unspecified atom stereocenters. The average Bonchev–Trinajstić information content (AvgIpc) is 2.59. The first-order valence-electron chi connectivity index (χ1n) is 7.39. The fourth-order valence-electron chi connectivity index (χ4n) is 2.35. The number of rotatable bonds is 7. The van der Waals surface area contributed by atoms with E-state index < -0.39 is 0 Å². The van der Waals surface area contributed by atoms with Crippen molar-refractivity contribution >= 4 is 29.5 Å². The maximum Gasteiger partial charge on any atom is 0.0862 e. The first-order chi connectivity index (χ1) is 11.2. The van der Waals surface area contributed by atoms with Crippen molar-refractivity contribution in [3.63, 3.8) is 0 Å². The van der Waals surface area contributed by atoms with Gasteiger partial charge in [0.05, 0.1) is 23.6 Å². The normalized spacial score (nSPS) is 10.9. The molecule has 0 saturated heterocycles. The van der Waals surface area contributed by atoms with Gasteiger partial charge < -0.3 is 4.90 Å². The molecule has 0 aliphatic rings. The number of benzene rings is 2. The highest BCUT2D eigenvalue weighted by molar-refractivity contribution is 6.00. The van der Waals surface area contributed by atoms with E-state index in [1.165, 1.54) is 6.20 Å². The van der Waals surface area contributed by atoms with Crippen molar-refractivity contribution in [2.75, 3.05) is 11.4 Å². The van der Waals surface area contributed by atoms with Gasteiger partial charge in [-0.1, -0.05) is 37.4 Å². The Morgan fingerprint density at radius 2 is 1.87 bits per heavy atom. The fraction of sp³-hybridized carbons (Fsp3) is 0.100. The number of aliphatic imine (C=N–C) groups is 2. The van der Waals surface area contributed by atoms with Crippen LogP contribution in [0, 0.1) is 6.92 Å². The number of hydrogen-bond acceptors (Lipinski definition) is 3. The van der Waals surface area contributed by atoms with Crippen molar-refractivity contribution in [1.29, 1.82) is 0 Å². The summed E-state index contributed by atoms with van der Waals surface area (Å²) in [6.07, 6.45) is 3.27. The highest BCUT2D eigenvalue weighted by Gasteiger charge is 2.14. The van der Waals surface area contributed by atoms with Crippen molar-refractivity contribution in [2.24, 2.45) is 9.98 Å². The Balaban J connectivity index is 2.54. The Morgan fingerprint density at radius 3 is 2.48 bits per heavy atom. The van der Waals surface area contributed by atoms with Gasteiger partial charge in [0.2, 0.25) is 0 Å². The summed E-state index contributed by atoms with van der Waals surface area (Å²) in [7, 11) is 0. The van der Waals surface area contributed by atoms with E-state index in [1.807, 2.05) is 31.2 Å². The largest absolute Gasteiger partial charge is 0.334 e. The molecule has 0 heterocycles. The number of para-hydroxylation sites is 1. The second-order valence-electron chi connectivity index (χ2n) is 5.08. The molecule has 2 aromatic carbocycles. The van der Waals surface area contributed by atoms with Gasteiger partial charge in [0, 0.05) is 11.9 Å². The minimum Gasteiger partial charge on any atom is -0.334 e. The molecule has 0 fully saturated rings. The average molecular weight is 303 g/mol. The van der Waals surface area contributed by atoms with Gasteiger partial charge in [-0.25, -0.2) is 0 Å². The molecule has 23 heavy (non-hydrogen) atoms. The standard InChI is InChI=1S/C20H21N3/c1-5-17(22-6-2)15-23(18-10-8-7-9-11-18)20-13-12-16(3)14-19(20)21-4/h5-14H,1-2,4,15H2,3H3. The lowest BCUT2D eigenvalue weighted by Gasteiger charge is -2.26. The second-order valence-corrected chi connectivity index (χ2v) is 5.08. The number of aryl methyl sites for hydroxylation is 1. The van der Waals surface area contributed by atoms with Crippen LogP contribution in [-0.4, -0.2) is 19.0 Å². The van der Waals surface area contributed by atoms with Crippen LogP contribution < -0.4 is 4.90 Å². The zero-order chi connectivity index (χ0) is 16.7. The summed E-state index contributed by atoms with van der Waals surface area (Å²) >= 11 is 0. The van der Waals surface area contributed by atoms with Crippen LogP contribution in [0.1, 0.15) is 5.56 Å². The third-order valence-corrected chi connectivity index (χ3v) is 3.47. The first kappa shape index (κ1) is 16.4. The zero-order valence-electron chi connectivity index (χ0n) is 13.4. The number of hydrogen-bond donors (Lipinski definition) is 0. The van der Waals surface area contributed by atoms with Gasteiger partial charge in [-0.05, 0) is 49.5 Å². The predicted octanol–water partition coefficient (Wildman–Crippen LogP) is 5.24. The number of nitrogens with zero attached hydrogens (tertiary/aromatic N) is 3. The molecule has 116 valence electrons. The topological polar surface area (TPSA) is 28.0 Å². The summed E-state index contributed by atoms with van der Waals surface area (Å²) in [4.78, 5) is 10.6. The van der Waals surface area contributed by atoms with Crippen LogP contribution in [0.5, 0.6) is 0 Å². The van der Waals surface area contributed by atoms with Crippen LogP contribution in [0.2, 0.25) is 0 Å². The molecule has 0 aliphatic carbocycles. The molecule has 0 amide bonds. The molecule has 0 bridgehead atoms. The van der Waals surface area contributed by atoms with Gasteiger partial charge in [-0.15, -0.1) is 0 Å². The second kappa shape index (κ2) is 7.90. The zero-order valence-corrected chi connectivity index (χ0v) is 13.4. The summed E-state index contributed by atoms with van der Waals surface area (Å²) < 4.78 is 0.